The van der Waals surface area contributed by atoms with Crippen molar-refractivity contribution in [2.75, 3.05) is 0 Å². The Morgan fingerprint density at radius 2 is 2.19 bits per heavy atom. The molecule has 0 bridgehead atoms. The predicted octanol–water partition coefficient (Wildman–Crippen LogP) is 4.11. The quantitative estimate of drug-likeness (QED) is 0.856. The lowest BCUT2D eigenvalue weighted by Crippen LogP contribution is -1.80. The first-order chi connectivity index (χ1) is 7.72. The summed E-state index contributed by atoms with van der Waals surface area (Å²) >= 11 is 9.50. The molecule has 0 atom stereocenters. The van der Waals surface area contributed by atoms with Crippen LogP contribution in [0.15, 0.2) is 27.1 Å². The summed E-state index contributed by atoms with van der Waals surface area (Å²) in [6.45, 7) is 2.07. The van der Waals surface area contributed by atoms with Crippen molar-refractivity contribution < 1.29 is 4.42 Å². The topological polar surface area (TPSA) is 38.9 Å². The third kappa shape index (κ3) is 2.28. The SMILES string of the molecule is CCCc1nnc(-c2cccc(Br)c2Cl)o1. The minimum Gasteiger partial charge on any atom is -0.421 e. The minimum absolute atomic E-state index is 0.467. The molecule has 5 heteroatoms. The van der Waals surface area contributed by atoms with Crippen LogP contribution in [0.2, 0.25) is 5.02 Å². The Hall–Kier alpha value is -0.870. The van der Waals surface area contributed by atoms with Crippen LogP contribution in [-0.4, -0.2) is 10.2 Å². The van der Waals surface area contributed by atoms with Crippen LogP contribution in [0, 0.1) is 0 Å². The molecule has 16 heavy (non-hydrogen) atoms. The smallest absolute Gasteiger partial charge is 0.249 e. The molecule has 1 aromatic heterocycles. The van der Waals surface area contributed by atoms with E-state index in [0.29, 0.717) is 16.8 Å². The molecule has 1 heterocycles. The van der Waals surface area contributed by atoms with Crippen LogP contribution >= 0.6 is 27.5 Å². The van der Waals surface area contributed by atoms with E-state index in [2.05, 4.69) is 33.1 Å². The Balaban J connectivity index is 2.39. The third-order valence-electron chi connectivity index (χ3n) is 2.11. The molecular formula is C11H10BrClN2O. The molecule has 2 rings (SSSR count). The van der Waals surface area contributed by atoms with Gasteiger partial charge in [0.1, 0.15) is 0 Å². The summed E-state index contributed by atoms with van der Waals surface area (Å²) in [7, 11) is 0. The van der Waals surface area contributed by atoms with Crippen molar-refractivity contribution >= 4 is 27.5 Å². The molecule has 2 aromatic rings. The summed E-state index contributed by atoms with van der Waals surface area (Å²) in [5.41, 5.74) is 0.755. The van der Waals surface area contributed by atoms with E-state index in [-0.39, 0.29) is 0 Å². The molecule has 1 aromatic carbocycles. The van der Waals surface area contributed by atoms with Gasteiger partial charge in [-0.2, -0.15) is 0 Å². The molecule has 0 amide bonds. The molecule has 0 aliphatic carbocycles. The number of aryl methyl sites for hydroxylation is 1. The van der Waals surface area contributed by atoms with E-state index in [9.17, 15) is 0 Å². The van der Waals surface area contributed by atoms with E-state index >= 15 is 0 Å². The highest BCUT2D eigenvalue weighted by molar-refractivity contribution is 9.10. The summed E-state index contributed by atoms with van der Waals surface area (Å²) in [5, 5.41) is 8.54. The van der Waals surface area contributed by atoms with Gasteiger partial charge in [0.2, 0.25) is 11.8 Å². The van der Waals surface area contributed by atoms with Crippen molar-refractivity contribution in [3.05, 3.63) is 33.6 Å². The third-order valence-corrected chi connectivity index (χ3v) is 3.41. The number of rotatable bonds is 3. The van der Waals surface area contributed by atoms with Crippen LogP contribution in [0.3, 0.4) is 0 Å². The van der Waals surface area contributed by atoms with Crippen molar-refractivity contribution in [3.8, 4) is 11.5 Å². The average molecular weight is 302 g/mol. The summed E-state index contributed by atoms with van der Waals surface area (Å²) in [6.07, 6.45) is 1.77. The number of hydrogen-bond donors (Lipinski definition) is 0. The molecule has 0 N–H and O–H groups in total. The second-order valence-electron chi connectivity index (χ2n) is 3.35. The van der Waals surface area contributed by atoms with Crippen molar-refractivity contribution in [1.29, 1.82) is 0 Å². The normalized spacial score (nSPS) is 10.7. The first-order valence-electron chi connectivity index (χ1n) is 4.99. The van der Waals surface area contributed by atoms with Gasteiger partial charge in [-0.05, 0) is 34.5 Å². The fraction of sp³-hybridized carbons (Fsp3) is 0.273. The predicted molar refractivity (Wildman–Crippen MR) is 66.4 cm³/mol. The van der Waals surface area contributed by atoms with Gasteiger partial charge in [0.05, 0.1) is 10.6 Å². The van der Waals surface area contributed by atoms with Gasteiger partial charge in [-0.3, -0.25) is 0 Å². The van der Waals surface area contributed by atoms with Crippen molar-refractivity contribution in [1.82, 2.24) is 10.2 Å². The number of hydrogen-bond acceptors (Lipinski definition) is 3. The summed E-state index contributed by atoms with van der Waals surface area (Å²) in [4.78, 5) is 0. The maximum absolute atomic E-state index is 6.14. The Kier molecular flexibility index (Phi) is 3.61. The Bertz CT molecular complexity index is 498. The average Bonchev–Trinajstić information content (AvgIpc) is 2.71. The van der Waals surface area contributed by atoms with Gasteiger partial charge in [-0.1, -0.05) is 24.6 Å². The van der Waals surface area contributed by atoms with Crippen LogP contribution in [0.4, 0.5) is 0 Å². The Morgan fingerprint density at radius 1 is 1.38 bits per heavy atom. The Morgan fingerprint density at radius 3 is 2.94 bits per heavy atom. The van der Waals surface area contributed by atoms with E-state index in [4.69, 9.17) is 16.0 Å². The molecule has 0 fully saturated rings. The molecule has 0 saturated heterocycles. The standard InChI is InChI=1S/C11H10BrClN2O/c1-2-4-9-14-15-11(16-9)7-5-3-6-8(12)10(7)13/h3,5-6H,2,4H2,1H3. The molecule has 0 aliphatic rings. The van der Waals surface area contributed by atoms with Crippen molar-refractivity contribution in [3.63, 3.8) is 0 Å². The first kappa shape index (κ1) is 11.6. The van der Waals surface area contributed by atoms with E-state index in [0.717, 1.165) is 22.9 Å². The van der Waals surface area contributed by atoms with Gasteiger partial charge >= 0.3 is 0 Å². The van der Waals surface area contributed by atoms with Crippen LogP contribution < -0.4 is 0 Å². The fourth-order valence-corrected chi connectivity index (χ4v) is 1.92. The summed E-state index contributed by atoms with van der Waals surface area (Å²) < 4.78 is 6.34. The lowest BCUT2D eigenvalue weighted by atomic mass is 10.2. The molecule has 0 aliphatic heterocycles. The number of benzene rings is 1. The number of aromatic nitrogens is 2. The van der Waals surface area contributed by atoms with Gasteiger partial charge in [-0.25, -0.2) is 0 Å². The number of halogens is 2. The van der Waals surface area contributed by atoms with Crippen LogP contribution in [0.1, 0.15) is 19.2 Å². The van der Waals surface area contributed by atoms with E-state index < -0.39 is 0 Å². The highest BCUT2D eigenvalue weighted by Gasteiger charge is 2.12. The van der Waals surface area contributed by atoms with E-state index in [1.54, 1.807) is 0 Å². The van der Waals surface area contributed by atoms with Crippen LogP contribution in [0.25, 0.3) is 11.5 Å². The second kappa shape index (κ2) is 4.97. The molecule has 0 unspecified atom stereocenters. The van der Waals surface area contributed by atoms with Gasteiger partial charge in [-0.15, -0.1) is 10.2 Å². The molecular weight excluding hydrogens is 291 g/mol. The zero-order valence-electron chi connectivity index (χ0n) is 8.70. The van der Waals surface area contributed by atoms with Crippen molar-refractivity contribution in [2.24, 2.45) is 0 Å². The van der Waals surface area contributed by atoms with Gasteiger partial charge in [0.15, 0.2) is 0 Å². The largest absolute Gasteiger partial charge is 0.421 e. The summed E-state index contributed by atoms with van der Waals surface area (Å²) in [5.74, 6) is 1.11. The molecule has 0 radical (unpaired) electrons. The molecule has 0 spiro atoms. The fourth-order valence-electron chi connectivity index (χ4n) is 1.35. The number of nitrogens with zero attached hydrogens (tertiary/aromatic N) is 2. The highest BCUT2D eigenvalue weighted by Crippen LogP contribution is 2.32. The van der Waals surface area contributed by atoms with Gasteiger partial charge in [0.25, 0.3) is 0 Å². The van der Waals surface area contributed by atoms with Crippen LogP contribution in [0.5, 0.6) is 0 Å². The zero-order chi connectivity index (χ0) is 11.5. The lowest BCUT2D eigenvalue weighted by Gasteiger charge is -2.00. The van der Waals surface area contributed by atoms with Crippen LogP contribution in [-0.2, 0) is 6.42 Å². The lowest BCUT2D eigenvalue weighted by molar-refractivity contribution is 0.502. The maximum atomic E-state index is 6.14. The molecule has 3 nitrogen and oxygen atoms in total. The van der Waals surface area contributed by atoms with Gasteiger partial charge < -0.3 is 4.42 Å². The highest BCUT2D eigenvalue weighted by atomic mass is 79.9. The minimum atomic E-state index is 0.467. The van der Waals surface area contributed by atoms with E-state index in [1.165, 1.54) is 0 Å². The Labute approximate surface area is 107 Å². The molecule has 84 valence electrons. The first-order valence-corrected chi connectivity index (χ1v) is 6.16. The van der Waals surface area contributed by atoms with E-state index in [1.807, 2.05) is 18.2 Å². The zero-order valence-corrected chi connectivity index (χ0v) is 11.0. The monoisotopic (exact) mass is 300 g/mol. The summed E-state index contributed by atoms with van der Waals surface area (Å²) in [6, 6.07) is 5.61. The van der Waals surface area contributed by atoms with Crippen molar-refractivity contribution in [2.45, 2.75) is 19.8 Å². The molecule has 0 saturated carbocycles. The second-order valence-corrected chi connectivity index (χ2v) is 4.58. The van der Waals surface area contributed by atoms with Gasteiger partial charge in [0, 0.05) is 10.9 Å². The maximum Gasteiger partial charge on any atom is 0.249 e.